The molecule has 7 nitrogen and oxygen atoms in total. The fourth-order valence-corrected chi connectivity index (χ4v) is 5.69. The molecule has 1 aliphatic rings. The van der Waals surface area contributed by atoms with E-state index in [0.29, 0.717) is 23.5 Å². The molecular weight excluding hydrogens is 425 g/mol. The first-order valence-electron chi connectivity index (χ1n) is 8.91. The maximum atomic E-state index is 13.0. The van der Waals surface area contributed by atoms with Crippen LogP contribution < -0.4 is 5.56 Å². The molecule has 1 saturated heterocycles. The van der Waals surface area contributed by atoms with Crippen molar-refractivity contribution in [3.63, 3.8) is 0 Å². The summed E-state index contributed by atoms with van der Waals surface area (Å²) >= 11 is 12.1. The van der Waals surface area contributed by atoms with Crippen LogP contribution in [0.15, 0.2) is 23.3 Å². The summed E-state index contributed by atoms with van der Waals surface area (Å²) in [5, 5.41) is 0.792. The summed E-state index contributed by atoms with van der Waals surface area (Å²) in [6.07, 6.45) is 1.69. The Bertz CT molecular complexity index is 1080. The van der Waals surface area contributed by atoms with Crippen molar-refractivity contribution in [2.75, 3.05) is 18.1 Å². The minimum Gasteiger partial charge on any atom is -0.337 e. The summed E-state index contributed by atoms with van der Waals surface area (Å²) in [6.45, 7) is 4.11. The van der Waals surface area contributed by atoms with Gasteiger partial charge in [-0.05, 0) is 24.5 Å². The van der Waals surface area contributed by atoms with E-state index in [9.17, 15) is 18.0 Å². The SMILES string of the molecule is CC(C)CN(C(=O)Cn1cnc2c(Cl)cc(Cl)cc2c1=O)C1CCS(=O)(=O)C1. The number of sulfone groups is 1. The van der Waals surface area contributed by atoms with Gasteiger partial charge in [0.15, 0.2) is 9.84 Å². The van der Waals surface area contributed by atoms with E-state index in [1.54, 1.807) is 4.90 Å². The number of hydrogen-bond acceptors (Lipinski definition) is 5. The zero-order valence-electron chi connectivity index (χ0n) is 15.6. The maximum absolute atomic E-state index is 13.0. The van der Waals surface area contributed by atoms with Gasteiger partial charge in [0.1, 0.15) is 6.54 Å². The minimum atomic E-state index is -3.13. The average molecular weight is 446 g/mol. The first-order valence-corrected chi connectivity index (χ1v) is 11.5. The molecule has 1 aliphatic heterocycles. The highest BCUT2D eigenvalue weighted by molar-refractivity contribution is 7.91. The van der Waals surface area contributed by atoms with E-state index in [2.05, 4.69) is 4.98 Å². The van der Waals surface area contributed by atoms with Crippen LogP contribution in [0.3, 0.4) is 0 Å². The van der Waals surface area contributed by atoms with Crippen LogP contribution >= 0.6 is 23.2 Å². The zero-order valence-corrected chi connectivity index (χ0v) is 17.9. The lowest BCUT2D eigenvalue weighted by Crippen LogP contribution is -2.45. The Morgan fingerprint density at radius 3 is 2.68 bits per heavy atom. The van der Waals surface area contributed by atoms with E-state index in [0.717, 1.165) is 0 Å². The van der Waals surface area contributed by atoms with Crippen LogP contribution in [0.5, 0.6) is 0 Å². The number of rotatable bonds is 5. The molecular formula is C18H21Cl2N3O4S. The van der Waals surface area contributed by atoms with Crippen molar-refractivity contribution >= 4 is 49.8 Å². The van der Waals surface area contributed by atoms with E-state index in [4.69, 9.17) is 23.2 Å². The molecule has 2 aromatic rings. The molecule has 2 heterocycles. The summed E-state index contributed by atoms with van der Waals surface area (Å²) in [7, 11) is -3.13. The Hall–Kier alpha value is -1.64. The number of carbonyl (C=O) groups excluding carboxylic acids is 1. The minimum absolute atomic E-state index is 0.0401. The second-order valence-corrected chi connectivity index (χ2v) is 10.5. The van der Waals surface area contributed by atoms with Crippen molar-refractivity contribution < 1.29 is 13.2 Å². The molecule has 0 bridgehead atoms. The molecule has 0 N–H and O–H groups in total. The third kappa shape index (κ3) is 4.50. The fraction of sp³-hybridized carbons (Fsp3) is 0.500. The summed E-state index contributed by atoms with van der Waals surface area (Å²) in [4.78, 5) is 31.5. The van der Waals surface area contributed by atoms with E-state index in [-0.39, 0.29) is 46.3 Å². The first-order chi connectivity index (χ1) is 13.1. The van der Waals surface area contributed by atoms with E-state index < -0.39 is 15.4 Å². The van der Waals surface area contributed by atoms with Gasteiger partial charge in [0.05, 0.1) is 33.8 Å². The highest BCUT2D eigenvalue weighted by atomic mass is 35.5. The number of aromatic nitrogens is 2. The molecule has 10 heteroatoms. The Balaban J connectivity index is 1.91. The number of nitrogens with zero attached hydrogens (tertiary/aromatic N) is 3. The fourth-order valence-electron chi connectivity index (χ4n) is 3.41. The lowest BCUT2D eigenvalue weighted by molar-refractivity contribution is -0.134. The van der Waals surface area contributed by atoms with Gasteiger partial charge in [-0.25, -0.2) is 13.4 Å². The smallest absolute Gasteiger partial charge is 0.261 e. The van der Waals surface area contributed by atoms with Crippen LogP contribution in [0.4, 0.5) is 0 Å². The topological polar surface area (TPSA) is 89.3 Å². The molecule has 1 atom stereocenters. The monoisotopic (exact) mass is 445 g/mol. The highest BCUT2D eigenvalue weighted by Crippen LogP contribution is 2.24. The first kappa shape index (κ1) is 21.1. The molecule has 0 spiro atoms. The van der Waals surface area contributed by atoms with Gasteiger partial charge in [-0.2, -0.15) is 0 Å². The van der Waals surface area contributed by atoms with Gasteiger partial charge >= 0.3 is 0 Å². The zero-order chi connectivity index (χ0) is 20.6. The standard InChI is InChI=1S/C18H21Cl2N3O4S/c1-11(2)7-23(13-3-4-28(26,27)9-13)16(24)8-22-10-21-17-14(18(22)25)5-12(19)6-15(17)20/h5-6,10-11,13H,3-4,7-9H2,1-2H3. The molecule has 1 unspecified atom stereocenters. The quantitative estimate of drug-likeness (QED) is 0.704. The van der Waals surface area contributed by atoms with Gasteiger partial charge in [0, 0.05) is 17.6 Å². The lowest BCUT2D eigenvalue weighted by atomic mass is 10.1. The summed E-state index contributed by atoms with van der Waals surface area (Å²) < 4.78 is 24.9. The highest BCUT2D eigenvalue weighted by Gasteiger charge is 2.35. The number of halogens is 2. The second kappa shape index (κ2) is 8.00. The van der Waals surface area contributed by atoms with Gasteiger partial charge in [-0.1, -0.05) is 37.0 Å². The molecule has 1 amide bonds. The van der Waals surface area contributed by atoms with Gasteiger partial charge in [-0.15, -0.1) is 0 Å². The number of amides is 1. The lowest BCUT2D eigenvalue weighted by Gasteiger charge is -2.30. The van der Waals surface area contributed by atoms with Gasteiger partial charge < -0.3 is 4.90 Å². The molecule has 0 saturated carbocycles. The molecule has 1 aromatic carbocycles. The van der Waals surface area contributed by atoms with Crippen molar-refractivity contribution in [2.24, 2.45) is 5.92 Å². The molecule has 1 fully saturated rings. The van der Waals surface area contributed by atoms with Gasteiger partial charge in [0.2, 0.25) is 5.91 Å². The van der Waals surface area contributed by atoms with Crippen molar-refractivity contribution in [3.05, 3.63) is 38.9 Å². The van der Waals surface area contributed by atoms with Crippen molar-refractivity contribution in [1.82, 2.24) is 14.5 Å². The van der Waals surface area contributed by atoms with Crippen molar-refractivity contribution in [3.8, 4) is 0 Å². The van der Waals surface area contributed by atoms with Crippen LogP contribution in [-0.4, -0.2) is 52.9 Å². The van der Waals surface area contributed by atoms with Gasteiger partial charge in [-0.3, -0.25) is 14.2 Å². The van der Waals surface area contributed by atoms with Crippen molar-refractivity contribution in [2.45, 2.75) is 32.9 Å². The maximum Gasteiger partial charge on any atom is 0.261 e. The number of hydrogen-bond donors (Lipinski definition) is 0. The van der Waals surface area contributed by atoms with E-state index >= 15 is 0 Å². The molecule has 152 valence electrons. The third-order valence-electron chi connectivity index (χ3n) is 4.68. The van der Waals surface area contributed by atoms with Crippen LogP contribution in [0, 0.1) is 5.92 Å². The molecule has 1 aromatic heterocycles. The number of fused-ring (bicyclic) bond motifs is 1. The summed E-state index contributed by atoms with van der Waals surface area (Å²) in [5.41, 5.74) is -0.105. The third-order valence-corrected chi connectivity index (χ3v) is 6.94. The van der Waals surface area contributed by atoms with Crippen LogP contribution in [0.1, 0.15) is 20.3 Å². The Morgan fingerprint density at radius 2 is 2.07 bits per heavy atom. The molecule has 0 radical (unpaired) electrons. The van der Waals surface area contributed by atoms with Crippen molar-refractivity contribution in [1.29, 1.82) is 0 Å². The van der Waals surface area contributed by atoms with E-state index in [1.165, 1.54) is 23.0 Å². The Labute approximate surface area is 173 Å². The summed E-state index contributed by atoms with van der Waals surface area (Å²) in [6, 6.07) is 2.60. The summed E-state index contributed by atoms with van der Waals surface area (Å²) in [5.74, 6) is -0.112. The molecule has 3 rings (SSSR count). The Morgan fingerprint density at radius 1 is 1.36 bits per heavy atom. The molecule has 0 aliphatic carbocycles. The predicted octanol–water partition coefficient (Wildman–Crippen LogP) is 2.38. The number of benzene rings is 1. The van der Waals surface area contributed by atoms with Crippen LogP contribution in [0.25, 0.3) is 10.9 Å². The van der Waals surface area contributed by atoms with Gasteiger partial charge in [0.25, 0.3) is 5.56 Å². The second-order valence-electron chi connectivity index (χ2n) is 7.46. The Kier molecular flexibility index (Phi) is 6.03. The number of carbonyl (C=O) groups is 1. The van der Waals surface area contributed by atoms with E-state index in [1.807, 2.05) is 13.8 Å². The predicted molar refractivity (Wildman–Crippen MR) is 110 cm³/mol. The largest absolute Gasteiger partial charge is 0.337 e. The average Bonchev–Trinajstić information content (AvgIpc) is 2.95. The van der Waals surface area contributed by atoms with Crippen LogP contribution in [-0.2, 0) is 21.2 Å². The molecule has 28 heavy (non-hydrogen) atoms. The van der Waals surface area contributed by atoms with Crippen LogP contribution in [0.2, 0.25) is 10.0 Å². The normalized spacial score (nSPS) is 18.7.